The van der Waals surface area contributed by atoms with E-state index in [1.54, 1.807) is 0 Å². The Labute approximate surface area is 94.1 Å². The van der Waals surface area contributed by atoms with Gasteiger partial charge in [-0.25, -0.2) is 0 Å². The average molecular weight is 218 g/mol. The molecule has 0 saturated carbocycles. The van der Waals surface area contributed by atoms with Crippen LogP contribution in [0.25, 0.3) is 0 Å². The van der Waals surface area contributed by atoms with Gasteiger partial charge in [0.2, 0.25) is 0 Å². The van der Waals surface area contributed by atoms with Gasteiger partial charge in [-0.3, -0.25) is 0 Å². The zero-order chi connectivity index (χ0) is 11.5. The van der Waals surface area contributed by atoms with E-state index in [4.69, 9.17) is 14.2 Å². The molecule has 0 aliphatic heterocycles. The molecule has 0 aromatic heterocycles. The van der Waals surface area contributed by atoms with E-state index >= 15 is 0 Å². The molecule has 0 heterocycles. The van der Waals surface area contributed by atoms with Crippen LogP contribution in [0.15, 0.2) is 0 Å². The van der Waals surface area contributed by atoms with Gasteiger partial charge in [-0.2, -0.15) is 0 Å². The van der Waals surface area contributed by atoms with Gasteiger partial charge in [0.15, 0.2) is 0 Å². The van der Waals surface area contributed by atoms with Gasteiger partial charge in [-0.05, 0) is 19.3 Å². The summed E-state index contributed by atoms with van der Waals surface area (Å²) in [6.07, 6.45) is 1.24. The normalized spacial score (nSPS) is 13.4. The molecule has 3 nitrogen and oxygen atoms in total. The van der Waals surface area contributed by atoms with Crippen molar-refractivity contribution < 1.29 is 14.2 Å². The topological polar surface area (TPSA) is 27.7 Å². The largest absolute Gasteiger partial charge is 0.379 e. The third kappa shape index (κ3) is 10.2. The minimum absolute atomic E-state index is 0.236. The molecule has 0 N–H and O–H groups in total. The van der Waals surface area contributed by atoms with Crippen molar-refractivity contribution in [1.29, 1.82) is 0 Å². The van der Waals surface area contributed by atoms with E-state index in [0.29, 0.717) is 25.7 Å². The van der Waals surface area contributed by atoms with Crippen LogP contribution in [0.4, 0.5) is 0 Å². The maximum Gasteiger partial charge on any atom is 0.0805 e. The minimum Gasteiger partial charge on any atom is -0.379 e. The molecule has 0 aliphatic carbocycles. The second kappa shape index (κ2) is 10.4. The fourth-order valence-electron chi connectivity index (χ4n) is 1.17. The van der Waals surface area contributed by atoms with Crippen molar-refractivity contribution in [3.63, 3.8) is 0 Å². The van der Waals surface area contributed by atoms with E-state index in [-0.39, 0.29) is 6.10 Å². The molecule has 0 rings (SSSR count). The molecule has 0 saturated heterocycles. The highest BCUT2D eigenvalue weighted by atomic mass is 16.5. The van der Waals surface area contributed by atoms with Crippen molar-refractivity contribution in [3.05, 3.63) is 0 Å². The smallest absolute Gasteiger partial charge is 0.0805 e. The van der Waals surface area contributed by atoms with Gasteiger partial charge in [0.1, 0.15) is 0 Å². The zero-order valence-electron chi connectivity index (χ0n) is 10.6. The average Bonchev–Trinajstić information content (AvgIpc) is 2.21. The Bertz CT molecular complexity index is 126. The van der Waals surface area contributed by atoms with Crippen LogP contribution >= 0.6 is 0 Å². The molecule has 0 aromatic rings. The zero-order valence-corrected chi connectivity index (χ0v) is 10.6. The molecule has 0 spiro atoms. The Morgan fingerprint density at radius 3 is 2.00 bits per heavy atom. The molecule has 0 aromatic carbocycles. The first-order valence-corrected chi connectivity index (χ1v) is 5.97. The minimum atomic E-state index is 0.236. The molecule has 0 aliphatic rings. The third-order valence-electron chi connectivity index (χ3n) is 1.98. The van der Waals surface area contributed by atoms with E-state index in [9.17, 15) is 0 Å². The van der Waals surface area contributed by atoms with Crippen molar-refractivity contribution in [3.8, 4) is 0 Å². The quantitative estimate of drug-likeness (QED) is 0.527. The predicted molar refractivity (Wildman–Crippen MR) is 62.2 cm³/mol. The maximum atomic E-state index is 5.47. The fourth-order valence-corrected chi connectivity index (χ4v) is 1.17. The molecular formula is C12H26O3. The lowest BCUT2D eigenvalue weighted by atomic mass is 10.2. The van der Waals surface area contributed by atoms with Crippen LogP contribution in [-0.4, -0.2) is 39.1 Å². The van der Waals surface area contributed by atoms with Crippen molar-refractivity contribution in [2.45, 2.75) is 40.2 Å². The number of rotatable bonds is 10. The maximum absolute atomic E-state index is 5.47. The Balaban J connectivity index is 3.21. The summed E-state index contributed by atoms with van der Waals surface area (Å²) >= 11 is 0. The predicted octanol–water partition coefficient (Wildman–Crippen LogP) is 2.49. The highest BCUT2D eigenvalue weighted by Gasteiger charge is 2.04. The van der Waals surface area contributed by atoms with Crippen molar-refractivity contribution in [2.24, 2.45) is 5.92 Å². The van der Waals surface area contributed by atoms with Gasteiger partial charge in [0.25, 0.3) is 0 Å². The highest BCUT2D eigenvalue weighted by molar-refractivity contribution is 4.52. The molecule has 0 fully saturated rings. The molecule has 92 valence electrons. The van der Waals surface area contributed by atoms with Gasteiger partial charge in [0, 0.05) is 13.2 Å². The van der Waals surface area contributed by atoms with Crippen molar-refractivity contribution >= 4 is 0 Å². The third-order valence-corrected chi connectivity index (χ3v) is 1.98. The van der Waals surface area contributed by atoms with Crippen LogP contribution in [0.3, 0.4) is 0 Å². The van der Waals surface area contributed by atoms with E-state index in [0.717, 1.165) is 19.6 Å². The Hall–Kier alpha value is -0.120. The summed E-state index contributed by atoms with van der Waals surface area (Å²) in [4.78, 5) is 0. The molecule has 3 heteroatoms. The van der Waals surface area contributed by atoms with Gasteiger partial charge >= 0.3 is 0 Å². The van der Waals surface area contributed by atoms with Gasteiger partial charge in [0.05, 0.1) is 25.9 Å². The lowest BCUT2D eigenvalue weighted by Gasteiger charge is -2.15. The number of hydrogen-bond donors (Lipinski definition) is 0. The van der Waals surface area contributed by atoms with Gasteiger partial charge < -0.3 is 14.2 Å². The van der Waals surface area contributed by atoms with Gasteiger partial charge in [-0.1, -0.05) is 20.8 Å². The SMILES string of the molecule is CCOC(CC)COCCOCC(C)C. The standard InChI is InChI=1S/C12H26O3/c1-5-12(15-6-2)10-14-8-7-13-9-11(3)4/h11-12H,5-10H2,1-4H3. The lowest BCUT2D eigenvalue weighted by molar-refractivity contribution is -0.0306. The summed E-state index contributed by atoms with van der Waals surface area (Å²) in [5.74, 6) is 0.594. The van der Waals surface area contributed by atoms with Crippen LogP contribution in [0, 0.1) is 5.92 Å². The summed E-state index contributed by atoms with van der Waals surface area (Å²) in [5.41, 5.74) is 0. The molecule has 15 heavy (non-hydrogen) atoms. The van der Waals surface area contributed by atoms with Crippen LogP contribution in [-0.2, 0) is 14.2 Å². The molecule has 1 atom stereocenters. The molecular weight excluding hydrogens is 192 g/mol. The first kappa shape index (κ1) is 14.9. The first-order chi connectivity index (χ1) is 7.20. The number of hydrogen-bond acceptors (Lipinski definition) is 3. The highest BCUT2D eigenvalue weighted by Crippen LogP contribution is 1.98. The van der Waals surface area contributed by atoms with E-state index in [2.05, 4.69) is 20.8 Å². The van der Waals surface area contributed by atoms with Crippen LogP contribution < -0.4 is 0 Å². The molecule has 1 unspecified atom stereocenters. The summed E-state index contributed by atoms with van der Waals surface area (Å²) < 4.78 is 16.3. The molecule has 0 amide bonds. The fraction of sp³-hybridized carbons (Fsp3) is 1.00. The Morgan fingerprint density at radius 2 is 1.53 bits per heavy atom. The summed E-state index contributed by atoms with van der Waals surface area (Å²) in [6, 6.07) is 0. The molecule has 0 radical (unpaired) electrons. The van der Waals surface area contributed by atoms with Crippen LogP contribution in [0.1, 0.15) is 34.1 Å². The van der Waals surface area contributed by atoms with Crippen LogP contribution in [0.5, 0.6) is 0 Å². The second-order valence-electron chi connectivity index (χ2n) is 4.03. The van der Waals surface area contributed by atoms with E-state index in [1.165, 1.54) is 0 Å². The van der Waals surface area contributed by atoms with Gasteiger partial charge in [-0.15, -0.1) is 0 Å². The van der Waals surface area contributed by atoms with Crippen molar-refractivity contribution in [1.82, 2.24) is 0 Å². The summed E-state index contributed by atoms with van der Waals surface area (Å²) in [6.45, 7) is 12.0. The summed E-state index contributed by atoms with van der Waals surface area (Å²) in [7, 11) is 0. The Kier molecular flexibility index (Phi) is 10.3. The van der Waals surface area contributed by atoms with E-state index in [1.807, 2.05) is 6.92 Å². The Morgan fingerprint density at radius 1 is 0.933 bits per heavy atom. The van der Waals surface area contributed by atoms with Crippen molar-refractivity contribution in [2.75, 3.05) is 33.0 Å². The molecule has 0 bridgehead atoms. The lowest BCUT2D eigenvalue weighted by Crippen LogP contribution is -2.20. The van der Waals surface area contributed by atoms with E-state index < -0.39 is 0 Å². The number of ether oxygens (including phenoxy) is 3. The monoisotopic (exact) mass is 218 g/mol. The van der Waals surface area contributed by atoms with Crippen LogP contribution in [0.2, 0.25) is 0 Å². The first-order valence-electron chi connectivity index (χ1n) is 5.97. The second-order valence-corrected chi connectivity index (χ2v) is 4.03. The summed E-state index contributed by atoms with van der Waals surface area (Å²) in [5, 5.41) is 0.